The molecule has 1 aromatic heterocycles. The normalized spacial score (nSPS) is 11.4. The number of benzene rings is 1. The highest BCUT2D eigenvalue weighted by atomic mass is 127. The fraction of sp³-hybridized carbons (Fsp3) is 0.0909. The Balaban J connectivity index is 2.35. The maximum absolute atomic E-state index is 12.8. The summed E-state index contributed by atoms with van der Waals surface area (Å²) in [6.45, 7) is 0. The Kier molecular flexibility index (Phi) is 4.29. The molecule has 0 saturated carbocycles. The standard InChI is InChI=1S/C11H6BrF3IN3/c12-8-2-1-6(3-7(8)11(13,14)15)19-10-9(16)4-17-5-18-10/h1-5H,(H,17,18,19). The molecule has 0 aliphatic carbocycles. The van der Waals surface area contributed by atoms with Crippen molar-refractivity contribution in [2.75, 3.05) is 5.32 Å². The van der Waals surface area contributed by atoms with Gasteiger partial charge in [-0.15, -0.1) is 0 Å². The molecule has 0 saturated heterocycles. The largest absolute Gasteiger partial charge is 0.417 e. The van der Waals surface area contributed by atoms with Gasteiger partial charge in [0.05, 0.1) is 9.13 Å². The van der Waals surface area contributed by atoms with Crippen LogP contribution in [0.3, 0.4) is 0 Å². The summed E-state index contributed by atoms with van der Waals surface area (Å²) in [5, 5.41) is 2.83. The highest BCUT2D eigenvalue weighted by Crippen LogP contribution is 2.36. The van der Waals surface area contributed by atoms with Crippen molar-refractivity contribution in [1.29, 1.82) is 0 Å². The van der Waals surface area contributed by atoms with Gasteiger partial charge in [-0.05, 0) is 40.8 Å². The van der Waals surface area contributed by atoms with E-state index in [9.17, 15) is 13.2 Å². The molecule has 0 bridgehead atoms. The smallest absolute Gasteiger partial charge is 0.339 e. The molecule has 1 heterocycles. The molecule has 19 heavy (non-hydrogen) atoms. The first-order chi connectivity index (χ1) is 8.88. The molecule has 1 aromatic carbocycles. The molecule has 1 N–H and O–H groups in total. The zero-order valence-electron chi connectivity index (χ0n) is 9.17. The zero-order chi connectivity index (χ0) is 14.0. The van der Waals surface area contributed by atoms with Gasteiger partial charge < -0.3 is 5.32 Å². The fourth-order valence-corrected chi connectivity index (χ4v) is 2.27. The van der Waals surface area contributed by atoms with Crippen LogP contribution in [0.4, 0.5) is 24.7 Å². The van der Waals surface area contributed by atoms with Gasteiger partial charge in [0, 0.05) is 16.4 Å². The van der Waals surface area contributed by atoms with E-state index in [1.807, 2.05) is 22.6 Å². The van der Waals surface area contributed by atoms with Crippen molar-refractivity contribution in [2.24, 2.45) is 0 Å². The van der Waals surface area contributed by atoms with Crippen molar-refractivity contribution < 1.29 is 13.2 Å². The summed E-state index contributed by atoms with van der Waals surface area (Å²) in [6, 6.07) is 3.92. The Bertz CT molecular complexity index is 604. The van der Waals surface area contributed by atoms with Gasteiger partial charge in [-0.25, -0.2) is 9.97 Å². The quantitative estimate of drug-likeness (QED) is 0.689. The lowest BCUT2D eigenvalue weighted by Gasteiger charge is -2.12. The lowest BCUT2D eigenvalue weighted by atomic mass is 10.2. The molecule has 0 aliphatic heterocycles. The zero-order valence-corrected chi connectivity index (χ0v) is 12.9. The summed E-state index contributed by atoms with van der Waals surface area (Å²) in [5.41, 5.74) is -0.422. The SMILES string of the molecule is FC(F)(F)c1cc(Nc2ncncc2I)ccc1Br. The summed E-state index contributed by atoms with van der Waals surface area (Å²) in [7, 11) is 0. The van der Waals surface area contributed by atoms with Gasteiger partial charge in [0.15, 0.2) is 0 Å². The van der Waals surface area contributed by atoms with Crippen LogP contribution < -0.4 is 5.32 Å². The minimum absolute atomic E-state index is 0.00272. The molecule has 0 amide bonds. The van der Waals surface area contributed by atoms with Gasteiger partial charge in [-0.2, -0.15) is 13.2 Å². The van der Waals surface area contributed by atoms with Gasteiger partial charge >= 0.3 is 6.18 Å². The number of nitrogens with one attached hydrogen (secondary N) is 1. The molecular weight excluding hydrogens is 438 g/mol. The predicted octanol–water partition coefficient (Wildman–Crippen LogP) is 4.61. The van der Waals surface area contributed by atoms with Crippen LogP contribution in [-0.4, -0.2) is 9.97 Å². The maximum Gasteiger partial charge on any atom is 0.417 e. The second kappa shape index (κ2) is 5.61. The molecule has 0 fully saturated rings. The minimum Gasteiger partial charge on any atom is -0.339 e. The van der Waals surface area contributed by atoms with Crippen LogP contribution >= 0.6 is 38.5 Å². The van der Waals surface area contributed by atoms with E-state index >= 15 is 0 Å². The third kappa shape index (κ3) is 3.56. The van der Waals surface area contributed by atoms with Crippen molar-refractivity contribution in [3.8, 4) is 0 Å². The van der Waals surface area contributed by atoms with Gasteiger partial charge in [-0.1, -0.05) is 15.9 Å². The van der Waals surface area contributed by atoms with Crippen molar-refractivity contribution in [1.82, 2.24) is 9.97 Å². The van der Waals surface area contributed by atoms with Crippen LogP contribution in [-0.2, 0) is 6.18 Å². The van der Waals surface area contributed by atoms with E-state index in [-0.39, 0.29) is 4.47 Å². The molecule has 3 nitrogen and oxygen atoms in total. The lowest BCUT2D eigenvalue weighted by molar-refractivity contribution is -0.138. The Morgan fingerprint density at radius 2 is 2.00 bits per heavy atom. The molecule has 0 aliphatic rings. The Morgan fingerprint density at radius 3 is 2.63 bits per heavy atom. The second-order valence-corrected chi connectivity index (χ2v) is 5.55. The van der Waals surface area contributed by atoms with Crippen molar-refractivity contribution >= 4 is 50.0 Å². The number of hydrogen-bond acceptors (Lipinski definition) is 3. The topological polar surface area (TPSA) is 37.8 Å². The van der Waals surface area contributed by atoms with Crippen LogP contribution in [0.15, 0.2) is 35.2 Å². The van der Waals surface area contributed by atoms with E-state index < -0.39 is 11.7 Å². The summed E-state index contributed by atoms with van der Waals surface area (Å²) in [5.74, 6) is 0.464. The molecule has 2 aromatic rings. The summed E-state index contributed by atoms with van der Waals surface area (Å²) < 4.78 is 39.0. The Labute approximate surface area is 128 Å². The molecule has 0 radical (unpaired) electrons. The number of halogens is 5. The van der Waals surface area contributed by atoms with Gasteiger partial charge in [0.2, 0.25) is 0 Å². The fourth-order valence-electron chi connectivity index (χ4n) is 1.36. The first-order valence-corrected chi connectivity index (χ1v) is 6.84. The molecule has 100 valence electrons. The number of hydrogen-bond donors (Lipinski definition) is 1. The maximum atomic E-state index is 12.8. The van der Waals surface area contributed by atoms with Gasteiger partial charge in [0.25, 0.3) is 0 Å². The van der Waals surface area contributed by atoms with Crippen LogP contribution in [0.5, 0.6) is 0 Å². The summed E-state index contributed by atoms with van der Waals surface area (Å²) in [6.07, 6.45) is -1.51. The van der Waals surface area contributed by atoms with E-state index in [1.54, 1.807) is 6.20 Å². The monoisotopic (exact) mass is 443 g/mol. The van der Waals surface area contributed by atoms with Crippen LogP contribution in [0.2, 0.25) is 0 Å². The lowest BCUT2D eigenvalue weighted by Crippen LogP contribution is -2.07. The third-order valence-corrected chi connectivity index (χ3v) is 3.68. The number of nitrogens with zero attached hydrogens (tertiary/aromatic N) is 2. The van der Waals surface area contributed by atoms with E-state index in [0.29, 0.717) is 11.5 Å². The second-order valence-electron chi connectivity index (χ2n) is 3.54. The molecule has 2 rings (SSSR count). The predicted molar refractivity (Wildman–Crippen MR) is 77.2 cm³/mol. The number of aromatic nitrogens is 2. The van der Waals surface area contributed by atoms with E-state index in [2.05, 4.69) is 31.2 Å². The molecular formula is C11H6BrF3IN3. The highest BCUT2D eigenvalue weighted by Gasteiger charge is 2.33. The van der Waals surface area contributed by atoms with Crippen molar-refractivity contribution in [3.63, 3.8) is 0 Å². The first kappa shape index (κ1) is 14.5. The Morgan fingerprint density at radius 1 is 1.26 bits per heavy atom. The number of anilines is 2. The van der Waals surface area contributed by atoms with Crippen LogP contribution in [0.1, 0.15) is 5.56 Å². The third-order valence-electron chi connectivity index (χ3n) is 2.20. The van der Waals surface area contributed by atoms with Crippen LogP contribution in [0.25, 0.3) is 0 Å². The first-order valence-electron chi connectivity index (χ1n) is 4.97. The summed E-state index contributed by atoms with van der Waals surface area (Å²) >= 11 is 4.89. The molecule has 0 spiro atoms. The van der Waals surface area contributed by atoms with Gasteiger partial charge in [0.1, 0.15) is 12.1 Å². The van der Waals surface area contributed by atoms with Gasteiger partial charge in [-0.3, -0.25) is 0 Å². The molecule has 8 heteroatoms. The van der Waals surface area contributed by atoms with E-state index in [0.717, 1.165) is 9.64 Å². The minimum atomic E-state index is -4.41. The van der Waals surface area contributed by atoms with Crippen LogP contribution in [0, 0.1) is 3.57 Å². The number of rotatable bonds is 2. The number of alkyl halides is 3. The highest BCUT2D eigenvalue weighted by molar-refractivity contribution is 14.1. The Hall–Kier alpha value is -0.900. The summed E-state index contributed by atoms with van der Waals surface area (Å²) in [4.78, 5) is 7.78. The molecule has 0 atom stereocenters. The van der Waals surface area contributed by atoms with E-state index in [4.69, 9.17) is 0 Å². The van der Waals surface area contributed by atoms with Crippen molar-refractivity contribution in [2.45, 2.75) is 6.18 Å². The average molecular weight is 444 g/mol. The van der Waals surface area contributed by atoms with Crippen molar-refractivity contribution in [3.05, 3.63) is 44.3 Å². The van der Waals surface area contributed by atoms with E-state index in [1.165, 1.54) is 18.5 Å². The average Bonchev–Trinajstić information content (AvgIpc) is 2.33. The molecule has 0 unspecified atom stereocenters.